The van der Waals surface area contributed by atoms with Crippen molar-refractivity contribution in [1.82, 2.24) is 15.1 Å². The third-order valence-corrected chi connectivity index (χ3v) is 4.00. The van der Waals surface area contributed by atoms with Crippen molar-refractivity contribution >= 4 is 11.8 Å². The number of piperazine rings is 1. The van der Waals surface area contributed by atoms with Gasteiger partial charge in [0.2, 0.25) is 11.8 Å². The van der Waals surface area contributed by atoms with Gasteiger partial charge in [-0.25, -0.2) is 0 Å². The van der Waals surface area contributed by atoms with Crippen molar-refractivity contribution in [2.75, 3.05) is 32.7 Å². The highest BCUT2D eigenvalue weighted by Gasteiger charge is 2.36. The Labute approximate surface area is 107 Å². The summed E-state index contributed by atoms with van der Waals surface area (Å²) < 4.78 is 0. The highest BCUT2D eigenvalue weighted by molar-refractivity contribution is 5.87. The monoisotopic (exact) mass is 251 g/mol. The van der Waals surface area contributed by atoms with E-state index in [4.69, 9.17) is 0 Å². The zero-order chi connectivity index (χ0) is 12.5. The van der Waals surface area contributed by atoms with Crippen molar-refractivity contribution in [3.63, 3.8) is 0 Å². The van der Waals surface area contributed by atoms with Crippen molar-refractivity contribution in [2.45, 2.75) is 31.7 Å². The molecule has 3 fully saturated rings. The summed E-state index contributed by atoms with van der Waals surface area (Å²) in [5.41, 5.74) is 0. The zero-order valence-electron chi connectivity index (χ0n) is 10.7. The second-order valence-corrected chi connectivity index (χ2v) is 5.71. The molecule has 0 aromatic carbocycles. The molecule has 0 aromatic rings. The summed E-state index contributed by atoms with van der Waals surface area (Å²) in [6.07, 6.45) is 4.87. The number of carbonyl (C=O) groups is 2. The smallest absolute Gasteiger partial charge is 0.242 e. The van der Waals surface area contributed by atoms with Crippen LogP contribution in [0.1, 0.15) is 25.7 Å². The molecular formula is C13H21N3O2. The van der Waals surface area contributed by atoms with Gasteiger partial charge in [-0.05, 0) is 38.1 Å². The Morgan fingerprint density at radius 1 is 1.22 bits per heavy atom. The topological polar surface area (TPSA) is 52.7 Å². The molecule has 5 nitrogen and oxygen atoms in total. The second kappa shape index (κ2) is 4.88. The van der Waals surface area contributed by atoms with E-state index in [9.17, 15) is 9.59 Å². The van der Waals surface area contributed by atoms with Crippen LogP contribution in [0.3, 0.4) is 0 Å². The number of rotatable bonds is 5. The number of nitrogens with zero attached hydrogens (tertiary/aromatic N) is 2. The Bertz CT molecular complexity index is 350. The minimum atomic E-state index is 0.0689. The lowest BCUT2D eigenvalue weighted by Gasteiger charge is -2.34. The SMILES string of the molecule is O=C(CNCC1CC1)N1CCN(C2CC2)C(=O)C1. The summed E-state index contributed by atoms with van der Waals surface area (Å²) in [7, 11) is 0. The first kappa shape index (κ1) is 12.0. The van der Waals surface area contributed by atoms with Gasteiger partial charge in [0.25, 0.3) is 0 Å². The van der Waals surface area contributed by atoms with Crippen LogP contribution in [0.5, 0.6) is 0 Å². The molecule has 0 spiro atoms. The van der Waals surface area contributed by atoms with E-state index < -0.39 is 0 Å². The molecule has 0 radical (unpaired) electrons. The minimum absolute atomic E-state index is 0.0689. The third kappa shape index (κ3) is 2.83. The number of carbonyl (C=O) groups excluding carboxylic acids is 2. The molecule has 0 bridgehead atoms. The number of hydrogen-bond donors (Lipinski definition) is 1. The molecule has 2 aliphatic carbocycles. The highest BCUT2D eigenvalue weighted by atomic mass is 16.2. The number of nitrogens with one attached hydrogen (secondary N) is 1. The van der Waals surface area contributed by atoms with Crippen LogP contribution in [0.4, 0.5) is 0 Å². The maximum Gasteiger partial charge on any atom is 0.242 e. The van der Waals surface area contributed by atoms with Crippen LogP contribution in [0.2, 0.25) is 0 Å². The second-order valence-electron chi connectivity index (χ2n) is 5.71. The highest BCUT2D eigenvalue weighted by Crippen LogP contribution is 2.28. The van der Waals surface area contributed by atoms with Crippen LogP contribution >= 0.6 is 0 Å². The fourth-order valence-corrected chi connectivity index (χ4v) is 2.49. The molecule has 0 unspecified atom stereocenters. The van der Waals surface area contributed by atoms with E-state index in [1.54, 1.807) is 4.90 Å². The van der Waals surface area contributed by atoms with Crippen molar-refractivity contribution < 1.29 is 9.59 Å². The first-order valence-electron chi connectivity index (χ1n) is 7.02. The lowest BCUT2D eigenvalue weighted by Crippen LogP contribution is -2.54. The fraction of sp³-hybridized carbons (Fsp3) is 0.846. The van der Waals surface area contributed by atoms with Gasteiger partial charge in [-0.2, -0.15) is 0 Å². The predicted octanol–water partition coefficient (Wildman–Crippen LogP) is -0.181. The molecule has 100 valence electrons. The normalized spacial score (nSPS) is 24.6. The molecule has 0 aromatic heterocycles. The van der Waals surface area contributed by atoms with Gasteiger partial charge >= 0.3 is 0 Å². The average molecular weight is 251 g/mol. The predicted molar refractivity (Wildman–Crippen MR) is 66.9 cm³/mol. The van der Waals surface area contributed by atoms with Crippen molar-refractivity contribution in [3.8, 4) is 0 Å². The van der Waals surface area contributed by atoms with Gasteiger partial charge in [0, 0.05) is 19.1 Å². The molecule has 5 heteroatoms. The molecule has 1 N–H and O–H groups in total. The quantitative estimate of drug-likeness (QED) is 0.737. The van der Waals surface area contributed by atoms with Gasteiger partial charge in [-0.1, -0.05) is 0 Å². The summed E-state index contributed by atoms with van der Waals surface area (Å²) in [6.45, 7) is 3.03. The first-order valence-corrected chi connectivity index (χ1v) is 7.02. The van der Waals surface area contributed by atoms with Gasteiger partial charge < -0.3 is 15.1 Å². The van der Waals surface area contributed by atoms with E-state index in [2.05, 4.69) is 5.32 Å². The van der Waals surface area contributed by atoms with Gasteiger partial charge in [0.05, 0.1) is 13.1 Å². The Morgan fingerprint density at radius 2 is 2.00 bits per heavy atom. The minimum Gasteiger partial charge on any atom is -0.336 e. The Morgan fingerprint density at radius 3 is 2.61 bits per heavy atom. The van der Waals surface area contributed by atoms with Gasteiger partial charge in [-0.15, -0.1) is 0 Å². The molecule has 1 heterocycles. The molecule has 1 aliphatic heterocycles. The van der Waals surface area contributed by atoms with Crippen LogP contribution in [0.15, 0.2) is 0 Å². The maximum absolute atomic E-state index is 11.9. The molecular weight excluding hydrogens is 230 g/mol. The molecule has 2 amide bonds. The third-order valence-electron chi connectivity index (χ3n) is 4.00. The summed E-state index contributed by atoms with van der Waals surface area (Å²) in [6, 6.07) is 0.475. The van der Waals surface area contributed by atoms with Crippen LogP contribution < -0.4 is 5.32 Å². The molecule has 18 heavy (non-hydrogen) atoms. The van der Waals surface area contributed by atoms with Crippen LogP contribution in [-0.2, 0) is 9.59 Å². The zero-order valence-corrected chi connectivity index (χ0v) is 10.7. The van der Waals surface area contributed by atoms with Crippen LogP contribution in [0, 0.1) is 5.92 Å². The van der Waals surface area contributed by atoms with E-state index in [0.717, 1.165) is 31.8 Å². The maximum atomic E-state index is 11.9. The Hall–Kier alpha value is -1.10. The standard InChI is InChI=1S/C13H21N3O2/c17-12(8-14-7-10-1-2-10)15-5-6-16(11-3-4-11)13(18)9-15/h10-11,14H,1-9H2. The summed E-state index contributed by atoms with van der Waals surface area (Å²) in [5, 5.41) is 3.19. The van der Waals surface area contributed by atoms with E-state index in [0.29, 0.717) is 19.1 Å². The summed E-state index contributed by atoms with van der Waals surface area (Å²) >= 11 is 0. The van der Waals surface area contributed by atoms with E-state index >= 15 is 0 Å². The molecule has 2 saturated carbocycles. The van der Waals surface area contributed by atoms with Crippen LogP contribution in [-0.4, -0.2) is 60.4 Å². The molecule has 3 rings (SSSR count). The summed E-state index contributed by atoms with van der Waals surface area (Å²) in [4.78, 5) is 27.5. The largest absolute Gasteiger partial charge is 0.336 e. The Balaban J connectivity index is 1.41. The molecule has 0 atom stereocenters. The molecule has 3 aliphatic rings. The first-order chi connectivity index (χ1) is 8.74. The number of hydrogen-bond acceptors (Lipinski definition) is 3. The van der Waals surface area contributed by atoms with Crippen LogP contribution in [0.25, 0.3) is 0 Å². The Kier molecular flexibility index (Phi) is 3.24. The number of amides is 2. The average Bonchev–Trinajstić information content (AvgIpc) is 3.22. The molecule has 1 saturated heterocycles. The lowest BCUT2D eigenvalue weighted by molar-refractivity contribution is -0.145. The van der Waals surface area contributed by atoms with Gasteiger partial charge in [0.15, 0.2) is 0 Å². The van der Waals surface area contributed by atoms with Crippen molar-refractivity contribution in [2.24, 2.45) is 5.92 Å². The van der Waals surface area contributed by atoms with E-state index in [-0.39, 0.29) is 18.4 Å². The fourth-order valence-electron chi connectivity index (χ4n) is 2.49. The summed E-state index contributed by atoms with van der Waals surface area (Å²) in [5.74, 6) is 0.977. The van der Waals surface area contributed by atoms with Gasteiger partial charge in [0.1, 0.15) is 0 Å². The van der Waals surface area contributed by atoms with E-state index in [1.807, 2.05) is 4.90 Å². The lowest BCUT2D eigenvalue weighted by atomic mass is 10.3. The van der Waals surface area contributed by atoms with Gasteiger partial charge in [-0.3, -0.25) is 9.59 Å². The van der Waals surface area contributed by atoms with Crippen molar-refractivity contribution in [1.29, 1.82) is 0 Å². The van der Waals surface area contributed by atoms with Crippen molar-refractivity contribution in [3.05, 3.63) is 0 Å². The van der Waals surface area contributed by atoms with E-state index in [1.165, 1.54) is 12.8 Å².